The van der Waals surface area contributed by atoms with Gasteiger partial charge in [-0.3, -0.25) is 14.5 Å². The zero-order chi connectivity index (χ0) is 8.15. The molecule has 0 aromatic heterocycles. The fraction of sp³-hybridized carbons (Fsp3) is 0.600. The van der Waals surface area contributed by atoms with Crippen molar-refractivity contribution < 1.29 is 19.8 Å². The van der Waals surface area contributed by atoms with Crippen molar-refractivity contribution in [1.29, 1.82) is 0 Å². The van der Waals surface area contributed by atoms with Gasteiger partial charge in [-0.15, -0.1) is 0 Å². The average molecular weight is 171 g/mol. The van der Waals surface area contributed by atoms with Gasteiger partial charge < -0.3 is 10.2 Å². The summed E-state index contributed by atoms with van der Waals surface area (Å²) >= 11 is 0. The first-order valence-electron chi connectivity index (χ1n) is 2.64. The molecule has 2 N–H and O–H groups in total. The predicted molar refractivity (Wildman–Crippen MR) is 39.9 cm³/mol. The number of rotatable bonds is 4. The molecule has 0 amide bonds. The van der Waals surface area contributed by atoms with E-state index in [9.17, 15) is 9.59 Å². The van der Waals surface area contributed by atoms with Crippen molar-refractivity contribution in [1.82, 2.24) is 4.90 Å². The summed E-state index contributed by atoms with van der Waals surface area (Å²) in [5.41, 5.74) is 0. The summed E-state index contributed by atoms with van der Waals surface area (Å²) in [6.07, 6.45) is 0. The number of carboxylic acid groups (broad SMARTS) is 2. The average Bonchev–Trinajstić information content (AvgIpc) is 1.58. The fourth-order valence-corrected chi connectivity index (χ4v) is 0.518. The number of hydrogen-bond donors (Lipinski definition) is 2. The zero-order valence-corrected chi connectivity index (χ0v) is 5.57. The monoisotopic (exact) mass is 171 g/mol. The van der Waals surface area contributed by atoms with Gasteiger partial charge >= 0.3 is 41.5 Å². The number of carbonyl (C=O) groups is 2. The quantitative estimate of drug-likeness (QED) is 0.500. The Kier molecular flexibility index (Phi) is 8.09. The molecule has 0 spiro atoms. The molecule has 5 nitrogen and oxygen atoms in total. The predicted octanol–water partition coefficient (Wildman–Crippen LogP) is -1.56. The van der Waals surface area contributed by atoms with E-state index in [1.165, 1.54) is 11.9 Å². The van der Waals surface area contributed by atoms with Crippen molar-refractivity contribution in [3.63, 3.8) is 0 Å². The van der Waals surface area contributed by atoms with E-state index in [4.69, 9.17) is 10.2 Å². The van der Waals surface area contributed by atoms with Gasteiger partial charge in [0.15, 0.2) is 0 Å². The van der Waals surface area contributed by atoms with Crippen LogP contribution in [0.1, 0.15) is 0 Å². The number of nitrogens with zero attached hydrogens (tertiary/aromatic N) is 1. The van der Waals surface area contributed by atoms with E-state index < -0.39 is 11.9 Å². The maximum absolute atomic E-state index is 9.96. The molecule has 60 valence electrons. The Labute approximate surface area is 86.3 Å². The third-order valence-electron chi connectivity index (χ3n) is 0.810. The van der Waals surface area contributed by atoms with Crippen LogP contribution in [0, 0.1) is 0 Å². The zero-order valence-electron chi connectivity index (χ0n) is 5.57. The standard InChI is InChI=1S/C5H9NO4.Na.H/c1-6(2-4(7)8)3-5(9)10;;/h2-3H2,1H3,(H,7,8)(H,9,10);;. The van der Waals surface area contributed by atoms with Gasteiger partial charge in [-0.25, -0.2) is 0 Å². The van der Waals surface area contributed by atoms with Crippen LogP contribution in [0.25, 0.3) is 0 Å². The van der Waals surface area contributed by atoms with Crippen molar-refractivity contribution in [2.75, 3.05) is 20.1 Å². The van der Waals surface area contributed by atoms with Gasteiger partial charge in [0.1, 0.15) is 0 Å². The van der Waals surface area contributed by atoms with Gasteiger partial charge in [0.2, 0.25) is 0 Å². The van der Waals surface area contributed by atoms with Crippen LogP contribution in [0.2, 0.25) is 0 Å². The molecular weight excluding hydrogens is 161 g/mol. The number of aliphatic carboxylic acids is 2. The summed E-state index contributed by atoms with van der Waals surface area (Å²) in [6.45, 7) is -0.488. The van der Waals surface area contributed by atoms with Crippen LogP contribution in [-0.2, 0) is 9.59 Å². The second-order valence-corrected chi connectivity index (χ2v) is 1.96. The number of likely N-dealkylation sites (N-methyl/N-ethyl adjacent to an activating group) is 1. The Hall–Kier alpha value is -0.100. The minimum absolute atomic E-state index is 0. The second kappa shape index (κ2) is 6.60. The third kappa shape index (κ3) is 9.90. The Bertz CT molecular complexity index is 133. The first-order valence-corrected chi connectivity index (χ1v) is 2.64. The Morgan fingerprint density at radius 1 is 1.18 bits per heavy atom. The van der Waals surface area contributed by atoms with E-state index >= 15 is 0 Å². The Morgan fingerprint density at radius 2 is 1.45 bits per heavy atom. The normalized spacial score (nSPS) is 8.91. The Balaban J connectivity index is 0. The van der Waals surface area contributed by atoms with Gasteiger partial charge in [-0.1, -0.05) is 0 Å². The summed E-state index contributed by atoms with van der Waals surface area (Å²) in [5, 5.41) is 16.3. The van der Waals surface area contributed by atoms with Gasteiger partial charge in [0, 0.05) is 0 Å². The third-order valence-corrected chi connectivity index (χ3v) is 0.810. The molecule has 0 aliphatic carbocycles. The van der Waals surface area contributed by atoms with E-state index in [-0.39, 0.29) is 42.6 Å². The van der Waals surface area contributed by atoms with Crippen LogP contribution in [0.4, 0.5) is 0 Å². The molecule has 0 aromatic carbocycles. The fourth-order valence-electron chi connectivity index (χ4n) is 0.518. The molecule has 0 atom stereocenters. The summed E-state index contributed by atoms with van der Waals surface area (Å²) in [5.74, 6) is -2.05. The molecule has 0 unspecified atom stereocenters. The molecule has 0 rings (SSSR count). The molecule has 0 bridgehead atoms. The van der Waals surface area contributed by atoms with E-state index in [0.29, 0.717) is 0 Å². The number of hydrogen-bond acceptors (Lipinski definition) is 3. The van der Waals surface area contributed by atoms with Crippen LogP contribution in [0.5, 0.6) is 0 Å². The van der Waals surface area contributed by atoms with Gasteiger partial charge in [0.25, 0.3) is 0 Å². The van der Waals surface area contributed by atoms with Crippen molar-refractivity contribution in [3.05, 3.63) is 0 Å². The van der Waals surface area contributed by atoms with Crippen molar-refractivity contribution in [3.8, 4) is 0 Å². The van der Waals surface area contributed by atoms with Crippen LogP contribution >= 0.6 is 0 Å². The molecule has 0 radical (unpaired) electrons. The van der Waals surface area contributed by atoms with Gasteiger partial charge in [-0.05, 0) is 7.05 Å². The molecule has 0 saturated heterocycles. The molecular formula is C5H10NNaO4. The number of carboxylic acids is 2. The molecule has 0 aromatic rings. The first-order chi connectivity index (χ1) is 4.52. The molecule has 0 heterocycles. The minimum atomic E-state index is -1.02. The molecule has 0 fully saturated rings. The molecule has 0 aliphatic heterocycles. The first kappa shape index (κ1) is 13.5. The van der Waals surface area contributed by atoms with Crippen molar-refractivity contribution in [2.24, 2.45) is 0 Å². The SMILES string of the molecule is CN(CC(=O)O)CC(=O)O.[NaH]. The van der Waals surface area contributed by atoms with E-state index in [2.05, 4.69) is 0 Å². The van der Waals surface area contributed by atoms with Crippen molar-refractivity contribution in [2.45, 2.75) is 0 Å². The topological polar surface area (TPSA) is 77.8 Å². The van der Waals surface area contributed by atoms with Crippen LogP contribution in [-0.4, -0.2) is 76.7 Å². The molecule has 0 aliphatic rings. The van der Waals surface area contributed by atoms with Crippen molar-refractivity contribution >= 4 is 41.5 Å². The van der Waals surface area contributed by atoms with E-state index in [1.807, 2.05) is 0 Å². The maximum atomic E-state index is 9.96. The second-order valence-electron chi connectivity index (χ2n) is 1.96. The molecule has 0 saturated carbocycles. The summed E-state index contributed by atoms with van der Waals surface area (Å²) < 4.78 is 0. The van der Waals surface area contributed by atoms with Crippen LogP contribution in [0.15, 0.2) is 0 Å². The molecule has 6 heteroatoms. The van der Waals surface area contributed by atoms with Crippen LogP contribution < -0.4 is 0 Å². The summed E-state index contributed by atoms with van der Waals surface area (Å²) in [7, 11) is 1.43. The van der Waals surface area contributed by atoms with Crippen LogP contribution in [0.3, 0.4) is 0 Å². The van der Waals surface area contributed by atoms with Gasteiger partial charge in [0.05, 0.1) is 13.1 Å². The summed E-state index contributed by atoms with van der Waals surface area (Å²) in [4.78, 5) is 21.1. The molecule has 11 heavy (non-hydrogen) atoms. The van der Waals surface area contributed by atoms with E-state index in [1.54, 1.807) is 0 Å². The van der Waals surface area contributed by atoms with Gasteiger partial charge in [-0.2, -0.15) is 0 Å². The summed E-state index contributed by atoms with van der Waals surface area (Å²) in [6, 6.07) is 0. The Morgan fingerprint density at radius 3 is 1.64 bits per heavy atom. The van der Waals surface area contributed by atoms with E-state index in [0.717, 1.165) is 0 Å².